The predicted molar refractivity (Wildman–Crippen MR) is 41.4 cm³/mol. The van der Waals surface area contributed by atoms with Crippen LogP contribution < -0.4 is 73.4 Å². The van der Waals surface area contributed by atoms with Crippen LogP contribution in [0.15, 0.2) is 18.2 Å². The van der Waals surface area contributed by atoms with Crippen molar-refractivity contribution >= 4 is 19.4 Å². The van der Waals surface area contributed by atoms with Crippen LogP contribution in [0.1, 0.15) is 0 Å². The van der Waals surface area contributed by atoms with Crippen LogP contribution in [0, 0.1) is 0 Å². The number of hydrogen-bond donors (Lipinski definition) is 1. The molecule has 0 saturated heterocycles. The minimum absolute atomic E-state index is 0. The molecule has 9 heteroatoms. The Morgan fingerprint density at radius 3 is 2.27 bits per heavy atom. The van der Waals surface area contributed by atoms with Crippen molar-refractivity contribution in [2.75, 3.05) is 0 Å². The SMILES string of the molecule is O=P([O-])([O-])Oc1ccc(O)c(Cl)c1.[Na+].[Na+]. The number of aromatic hydroxyl groups is 1. The molecule has 1 aromatic carbocycles. The Hall–Kier alpha value is 1.26. The third-order valence-electron chi connectivity index (χ3n) is 1.14. The van der Waals surface area contributed by atoms with Gasteiger partial charge in [-0.1, -0.05) is 11.6 Å². The molecule has 0 aliphatic carbocycles. The molecule has 1 N–H and O–H groups in total. The Balaban J connectivity index is 0. The van der Waals surface area contributed by atoms with Crippen LogP contribution in [-0.4, -0.2) is 5.11 Å². The summed E-state index contributed by atoms with van der Waals surface area (Å²) in [5.41, 5.74) is 0. The van der Waals surface area contributed by atoms with Crippen molar-refractivity contribution in [3.05, 3.63) is 23.2 Å². The minimum Gasteiger partial charge on any atom is -0.780 e. The molecule has 1 aromatic rings. The van der Waals surface area contributed by atoms with Crippen LogP contribution in [-0.2, 0) is 4.57 Å². The van der Waals surface area contributed by atoms with E-state index in [1.165, 1.54) is 0 Å². The summed E-state index contributed by atoms with van der Waals surface area (Å²) in [4.78, 5) is 20.3. The van der Waals surface area contributed by atoms with Crippen LogP contribution >= 0.6 is 19.4 Å². The summed E-state index contributed by atoms with van der Waals surface area (Å²) in [5.74, 6) is -0.447. The first kappa shape index (κ1) is 18.6. The molecule has 0 aromatic heterocycles. The van der Waals surface area contributed by atoms with Crippen molar-refractivity contribution in [3.8, 4) is 11.5 Å². The zero-order valence-corrected chi connectivity index (χ0v) is 13.8. The summed E-state index contributed by atoms with van der Waals surface area (Å²) in [7, 11) is -5.06. The van der Waals surface area contributed by atoms with E-state index in [-0.39, 0.29) is 75.6 Å². The largest absolute Gasteiger partial charge is 1.00 e. The number of rotatable bonds is 2. The van der Waals surface area contributed by atoms with Crippen LogP contribution in [0.4, 0.5) is 0 Å². The van der Waals surface area contributed by atoms with Gasteiger partial charge in [0.05, 0.1) is 5.02 Å². The molecule has 15 heavy (non-hydrogen) atoms. The zero-order valence-electron chi connectivity index (χ0n) is 8.14. The van der Waals surface area contributed by atoms with Gasteiger partial charge >= 0.3 is 59.1 Å². The minimum atomic E-state index is -5.06. The predicted octanol–water partition coefficient (Wildman–Crippen LogP) is -5.74. The van der Waals surface area contributed by atoms with Gasteiger partial charge in [0.2, 0.25) is 0 Å². The van der Waals surface area contributed by atoms with Gasteiger partial charge in [-0.3, -0.25) is 0 Å². The Morgan fingerprint density at radius 2 is 1.87 bits per heavy atom. The molecule has 0 radical (unpaired) electrons. The monoisotopic (exact) mass is 268 g/mol. The average Bonchev–Trinajstić information content (AvgIpc) is 1.94. The second-order valence-electron chi connectivity index (χ2n) is 2.15. The smallest absolute Gasteiger partial charge is 0.780 e. The Labute approximate surface area is 136 Å². The first-order valence-electron chi connectivity index (χ1n) is 3.09. The maximum Gasteiger partial charge on any atom is 1.00 e. The molecule has 0 aliphatic rings. The van der Waals surface area contributed by atoms with Gasteiger partial charge in [0.15, 0.2) is 0 Å². The summed E-state index contributed by atoms with van der Waals surface area (Å²) in [6, 6.07) is 3.26. The number of phosphoric acid groups is 1. The van der Waals surface area contributed by atoms with Crippen LogP contribution in [0.3, 0.4) is 0 Å². The molecule has 0 spiro atoms. The van der Waals surface area contributed by atoms with E-state index in [4.69, 9.17) is 16.7 Å². The second kappa shape index (κ2) is 7.56. The van der Waals surface area contributed by atoms with E-state index in [1.807, 2.05) is 0 Å². The van der Waals surface area contributed by atoms with E-state index in [1.54, 1.807) is 0 Å². The summed E-state index contributed by atoms with van der Waals surface area (Å²) in [6.07, 6.45) is 0. The summed E-state index contributed by atoms with van der Waals surface area (Å²) in [6.45, 7) is 0. The van der Waals surface area contributed by atoms with E-state index in [0.717, 1.165) is 18.2 Å². The molecule has 1 rings (SSSR count). The first-order chi connectivity index (χ1) is 5.88. The van der Waals surface area contributed by atoms with Gasteiger partial charge in [-0.05, 0) is 12.1 Å². The molecule has 0 atom stereocenters. The quantitative estimate of drug-likeness (QED) is 0.426. The standard InChI is InChI=1S/C6H6ClO5P.2Na/c7-5-3-4(1-2-6(5)8)12-13(9,10)11;;/h1-3,8H,(H2,9,10,11);;/q;2*+1/p-2. The van der Waals surface area contributed by atoms with Gasteiger partial charge in [0, 0.05) is 6.07 Å². The Bertz CT molecular complexity index is 369. The van der Waals surface area contributed by atoms with Crippen molar-refractivity contribution in [2.45, 2.75) is 0 Å². The molecule has 5 nitrogen and oxygen atoms in total. The van der Waals surface area contributed by atoms with Gasteiger partial charge in [-0.15, -0.1) is 0 Å². The van der Waals surface area contributed by atoms with Crippen LogP contribution in [0.5, 0.6) is 11.5 Å². The number of phenols is 1. The third kappa shape index (κ3) is 7.23. The number of halogens is 1. The molecule has 0 unspecified atom stereocenters. The molecule has 0 fully saturated rings. The van der Waals surface area contributed by atoms with E-state index in [9.17, 15) is 14.4 Å². The van der Waals surface area contributed by atoms with E-state index in [2.05, 4.69) is 4.52 Å². The van der Waals surface area contributed by atoms with Crippen LogP contribution in [0.25, 0.3) is 0 Å². The number of hydrogen-bond acceptors (Lipinski definition) is 5. The van der Waals surface area contributed by atoms with Crippen molar-refractivity contribution in [3.63, 3.8) is 0 Å². The molecule has 0 heterocycles. The van der Waals surface area contributed by atoms with E-state index in [0.29, 0.717) is 0 Å². The van der Waals surface area contributed by atoms with Gasteiger partial charge < -0.3 is 24.0 Å². The third-order valence-corrected chi connectivity index (χ3v) is 1.87. The molecule has 0 aliphatic heterocycles. The number of benzene rings is 1. The zero-order chi connectivity index (χ0) is 10.1. The summed E-state index contributed by atoms with van der Waals surface area (Å²) < 4.78 is 14.1. The van der Waals surface area contributed by atoms with Gasteiger partial charge in [-0.25, -0.2) is 0 Å². The topological polar surface area (TPSA) is 92.7 Å². The number of phenolic OH excluding ortho intramolecular Hbond substituents is 1. The maximum absolute atomic E-state index is 10.1. The first-order valence-corrected chi connectivity index (χ1v) is 4.92. The van der Waals surface area contributed by atoms with Gasteiger partial charge in [0.25, 0.3) is 0 Å². The van der Waals surface area contributed by atoms with Gasteiger partial charge in [0.1, 0.15) is 19.3 Å². The van der Waals surface area contributed by atoms with Crippen molar-refractivity contribution < 1.29 is 83.1 Å². The normalized spacial score (nSPS) is 9.80. The average molecular weight is 268 g/mol. The fraction of sp³-hybridized carbons (Fsp3) is 0. The molecule has 72 valence electrons. The summed E-state index contributed by atoms with van der Waals surface area (Å²) in [5, 5.41) is 8.84. The molecular weight excluding hydrogens is 264 g/mol. The molecule has 0 bridgehead atoms. The number of phosphoric ester groups is 1. The van der Waals surface area contributed by atoms with Crippen molar-refractivity contribution in [1.29, 1.82) is 0 Å². The molecule has 0 saturated carbocycles. The maximum atomic E-state index is 10.1. The molecular formula is C6H4ClNa2O5P. The fourth-order valence-electron chi connectivity index (χ4n) is 0.674. The van der Waals surface area contributed by atoms with Crippen molar-refractivity contribution in [1.82, 2.24) is 0 Å². The van der Waals surface area contributed by atoms with E-state index >= 15 is 0 Å². The summed E-state index contributed by atoms with van der Waals surface area (Å²) >= 11 is 5.42. The Morgan fingerprint density at radius 1 is 1.33 bits per heavy atom. The van der Waals surface area contributed by atoms with E-state index < -0.39 is 7.82 Å². The van der Waals surface area contributed by atoms with Gasteiger partial charge in [-0.2, -0.15) is 0 Å². The van der Waals surface area contributed by atoms with Crippen molar-refractivity contribution in [2.24, 2.45) is 0 Å². The molecule has 0 amide bonds. The Kier molecular flexibility index (Phi) is 9.38. The fourth-order valence-corrected chi connectivity index (χ4v) is 1.22. The second-order valence-corrected chi connectivity index (χ2v) is 3.64. The van der Waals surface area contributed by atoms with Crippen LogP contribution in [0.2, 0.25) is 5.02 Å².